The summed E-state index contributed by atoms with van der Waals surface area (Å²) >= 11 is 0. The molecule has 1 aliphatic rings. The van der Waals surface area contributed by atoms with E-state index in [2.05, 4.69) is 5.32 Å². The molecule has 2 atom stereocenters. The van der Waals surface area contributed by atoms with Gasteiger partial charge < -0.3 is 15.5 Å². The summed E-state index contributed by atoms with van der Waals surface area (Å²) < 4.78 is 5.04. The van der Waals surface area contributed by atoms with Gasteiger partial charge in [-0.15, -0.1) is 0 Å². The zero-order chi connectivity index (χ0) is 11.4. The van der Waals surface area contributed by atoms with Crippen LogP contribution in [0.25, 0.3) is 0 Å². The number of ketones is 1. The molecule has 2 rings (SSSR count). The lowest BCUT2D eigenvalue weighted by molar-refractivity contribution is 0.0957. The van der Waals surface area contributed by atoms with E-state index in [-0.39, 0.29) is 17.9 Å². The summed E-state index contributed by atoms with van der Waals surface area (Å²) in [6.45, 7) is 0.311. The number of hydrogen-bond donors (Lipinski definition) is 2. The van der Waals surface area contributed by atoms with Gasteiger partial charge in [-0.3, -0.25) is 4.79 Å². The van der Waals surface area contributed by atoms with Crippen molar-refractivity contribution in [3.05, 3.63) is 24.2 Å². The molecule has 4 heteroatoms. The first-order chi connectivity index (χ1) is 7.77. The third-order valence-electron chi connectivity index (χ3n) is 3.14. The van der Waals surface area contributed by atoms with Gasteiger partial charge in [-0.05, 0) is 25.0 Å². The Balaban J connectivity index is 1.80. The summed E-state index contributed by atoms with van der Waals surface area (Å²) in [7, 11) is 0. The summed E-state index contributed by atoms with van der Waals surface area (Å²) in [5, 5.41) is 3.22. The van der Waals surface area contributed by atoms with Crippen LogP contribution in [0, 0.1) is 0 Å². The molecule has 88 valence electrons. The van der Waals surface area contributed by atoms with Crippen LogP contribution in [-0.4, -0.2) is 24.4 Å². The second kappa shape index (κ2) is 5.27. The van der Waals surface area contributed by atoms with E-state index >= 15 is 0 Å². The van der Waals surface area contributed by atoms with E-state index in [0.717, 1.165) is 12.8 Å². The number of rotatable bonds is 4. The van der Waals surface area contributed by atoms with Gasteiger partial charge >= 0.3 is 0 Å². The average molecular weight is 222 g/mol. The highest BCUT2D eigenvalue weighted by molar-refractivity contribution is 5.95. The molecule has 0 amide bonds. The second-order valence-electron chi connectivity index (χ2n) is 4.34. The van der Waals surface area contributed by atoms with Crippen LogP contribution in [0.15, 0.2) is 22.8 Å². The van der Waals surface area contributed by atoms with Crippen molar-refractivity contribution >= 4 is 5.78 Å². The number of furan rings is 1. The molecule has 1 aromatic rings. The quantitative estimate of drug-likeness (QED) is 0.754. The van der Waals surface area contributed by atoms with Gasteiger partial charge in [0.15, 0.2) is 5.76 Å². The normalized spacial score (nSPS) is 25.6. The molecule has 0 unspecified atom stereocenters. The Morgan fingerprint density at radius 3 is 3.00 bits per heavy atom. The van der Waals surface area contributed by atoms with Crippen molar-refractivity contribution in [3.63, 3.8) is 0 Å². The van der Waals surface area contributed by atoms with Gasteiger partial charge in [-0.25, -0.2) is 0 Å². The maximum atomic E-state index is 11.7. The van der Waals surface area contributed by atoms with Crippen molar-refractivity contribution in [1.29, 1.82) is 0 Å². The summed E-state index contributed by atoms with van der Waals surface area (Å²) in [4.78, 5) is 11.7. The Kier molecular flexibility index (Phi) is 3.74. The van der Waals surface area contributed by atoms with E-state index in [0.29, 0.717) is 12.3 Å². The summed E-state index contributed by atoms with van der Waals surface area (Å²) in [5.74, 6) is 0.402. The zero-order valence-corrected chi connectivity index (χ0v) is 9.32. The lowest BCUT2D eigenvalue weighted by Gasteiger charge is -2.29. The molecule has 0 aliphatic heterocycles. The van der Waals surface area contributed by atoms with E-state index in [1.54, 1.807) is 12.1 Å². The first-order valence-electron chi connectivity index (χ1n) is 5.83. The Morgan fingerprint density at radius 1 is 1.50 bits per heavy atom. The van der Waals surface area contributed by atoms with E-state index in [1.807, 2.05) is 0 Å². The minimum absolute atomic E-state index is 0.0113. The van der Waals surface area contributed by atoms with Gasteiger partial charge in [-0.2, -0.15) is 0 Å². The molecule has 1 saturated carbocycles. The van der Waals surface area contributed by atoms with Crippen LogP contribution >= 0.6 is 0 Å². The van der Waals surface area contributed by atoms with Gasteiger partial charge in [0, 0.05) is 12.1 Å². The monoisotopic (exact) mass is 222 g/mol. The lowest BCUT2D eigenvalue weighted by atomic mass is 9.91. The Labute approximate surface area is 95.2 Å². The predicted molar refractivity (Wildman–Crippen MR) is 61.3 cm³/mol. The van der Waals surface area contributed by atoms with Crippen LogP contribution in [0.5, 0.6) is 0 Å². The highest BCUT2D eigenvalue weighted by atomic mass is 16.3. The molecule has 1 aromatic heterocycles. The van der Waals surface area contributed by atoms with Crippen LogP contribution < -0.4 is 11.1 Å². The minimum atomic E-state index is -0.0113. The predicted octanol–water partition coefficient (Wildman–Crippen LogP) is 1.32. The highest BCUT2D eigenvalue weighted by Gasteiger charge is 2.22. The molecule has 0 aromatic carbocycles. The molecule has 0 spiro atoms. The van der Waals surface area contributed by atoms with Crippen LogP contribution in [-0.2, 0) is 0 Å². The molecular formula is C12H18N2O2. The number of hydrogen-bond acceptors (Lipinski definition) is 4. The van der Waals surface area contributed by atoms with E-state index < -0.39 is 0 Å². The largest absolute Gasteiger partial charge is 0.461 e. The lowest BCUT2D eigenvalue weighted by Crippen LogP contribution is -2.48. The summed E-state index contributed by atoms with van der Waals surface area (Å²) in [6, 6.07) is 3.86. The SMILES string of the molecule is N[C@@H]1CCCC[C@@H]1NCC(=O)c1ccco1. The topological polar surface area (TPSA) is 68.3 Å². The van der Waals surface area contributed by atoms with Crippen molar-refractivity contribution in [3.8, 4) is 0 Å². The minimum Gasteiger partial charge on any atom is -0.461 e. The van der Waals surface area contributed by atoms with Crippen molar-refractivity contribution in [2.75, 3.05) is 6.54 Å². The third kappa shape index (κ3) is 2.71. The number of nitrogens with one attached hydrogen (secondary N) is 1. The smallest absolute Gasteiger partial charge is 0.211 e. The molecule has 16 heavy (non-hydrogen) atoms. The van der Waals surface area contributed by atoms with Gasteiger partial charge in [0.2, 0.25) is 5.78 Å². The molecule has 0 radical (unpaired) electrons. The maximum Gasteiger partial charge on any atom is 0.211 e. The molecule has 1 fully saturated rings. The van der Waals surface area contributed by atoms with Gasteiger partial charge in [-0.1, -0.05) is 12.8 Å². The number of Topliss-reactive ketones (excluding diaryl/α,β-unsaturated/α-hetero) is 1. The molecule has 4 nitrogen and oxygen atoms in total. The Morgan fingerprint density at radius 2 is 2.31 bits per heavy atom. The number of carbonyl (C=O) groups excluding carboxylic acids is 1. The highest BCUT2D eigenvalue weighted by Crippen LogP contribution is 2.16. The fourth-order valence-electron chi connectivity index (χ4n) is 2.16. The van der Waals surface area contributed by atoms with Gasteiger partial charge in [0.25, 0.3) is 0 Å². The van der Waals surface area contributed by atoms with Crippen LogP contribution in [0.3, 0.4) is 0 Å². The Bertz CT molecular complexity index is 335. The standard InChI is InChI=1S/C12H18N2O2/c13-9-4-1-2-5-10(9)14-8-11(15)12-6-3-7-16-12/h3,6-7,9-10,14H,1-2,4-5,8,13H2/t9-,10+/m1/s1. The fraction of sp³-hybridized carbons (Fsp3) is 0.583. The molecular weight excluding hydrogens is 204 g/mol. The molecule has 1 heterocycles. The van der Waals surface area contributed by atoms with E-state index in [4.69, 9.17) is 10.2 Å². The molecule has 0 bridgehead atoms. The van der Waals surface area contributed by atoms with Gasteiger partial charge in [0.1, 0.15) is 0 Å². The number of nitrogens with two attached hydrogens (primary N) is 1. The van der Waals surface area contributed by atoms with E-state index in [1.165, 1.54) is 19.1 Å². The maximum absolute atomic E-state index is 11.7. The van der Waals surface area contributed by atoms with Crippen LogP contribution in [0.2, 0.25) is 0 Å². The molecule has 0 saturated heterocycles. The van der Waals surface area contributed by atoms with Gasteiger partial charge in [0.05, 0.1) is 12.8 Å². The summed E-state index contributed by atoms with van der Waals surface area (Å²) in [6.07, 6.45) is 6.02. The van der Waals surface area contributed by atoms with Crippen LogP contribution in [0.1, 0.15) is 36.2 Å². The van der Waals surface area contributed by atoms with Crippen molar-refractivity contribution in [2.24, 2.45) is 5.73 Å². The van der Waals surface area contributed by atoms with E-state index in [9.17, 15) is 4.79 Å². The number of carbonyl (C=O) groups is 1. The first-order valence-corrected chi connectivity index (χ1v) is 5.83. The average Bonchev–Trinajstić information content (AvgIpc) is 2.81. The Hall–Kier alpha value is -1.13. The molecule has 1 aliphatic carbocycles. The van der Waals surface area contributed by atoms with Crippen LogP contribution in [0.4, 0.5) is 0 Å². The van der Waals surface area contributed by atoms with Crippen molar-refractivity contribution in [1.82, 2.24) is 5.32 Å². The third-order valence-corrected chi connectivity index (χ3v) is 3.14. The zero-order valence-electron chi connectivity index (χ0n) is 9.32. The van der Waals surface area contributed by atoms with Crippen molar-refractivity contribution < 1.29 is 9.21 Å². The first kappa shape index (κ1) is 11.4. The summed E-state index contributed by atoms with van der Waals surface area (Å²) in [5.41, 5.74) is 5.99. The second-order valence-corrected chi connectivity index (χ2v) is 4.34. The van der Waals surface area contributed by atoms with Crippen molar-refractivity contribution in [2.45, 2.75) is 37.8 Å². The molecule has 3 N–H and O–H groups in total. The fourth-order valence-corrected chi connectivity index (χ4v) is 2.16.